The van der Waals surface area contributed by atoms with Gasteiger partial charge in [0.15, 0.2) is 18.1 Å². The summed E-state index contributed by atoms with van der Waals surface area (Å²) in [4.78, 5) is 56.7. The number of amides is 5. The third-order valence-electron chi connectivity index (χ3n) is 6.49. The molecule has 0 aliphatic carbocycles. The molecule has 204 valence electrons. The molecule has 2 heterocycles. The highest BCUT2D eigenvalue weighted by Crippen LogP contribution is 2.32. The highest BCUT2D eigenvalue weighted by atomic mass is 16.5. The van der Waals surface area contributed by atoms with E-state index in [-0.39, 0.29) is 18.1 Å². The van der Waals surface area contributed by atoms with Gasteiger partial charge in [0.05, 0.1) is 31.7 Å². The van der Waals surface area contributed by atoms with Crippen molar-refractivity contribution in [1.29, 1.82) is 0 Å². The molecule has 2 aliphatic heterocycles. The fourth-order valence-corrected chi connectivity index (χ4v) is 4.44. The topological polar surface area (TPSA) is 106 Å². The molecule has 2 fully saturated rings. The van der Waals surface area contributed by atoms with Crippen molar-refractivity contribution in [3.63, 3.8) is 0 Å². The molecule has 2 aliphatic rings. The zero-order valence-corrected chi connectivity index (χ0v) is 21.8. The number of morpholine rings is 1. The number of ether oxygens (including phenoxy) is 3. The minimum atomic E-state index is -0.768. The molecule has 0 bridgehead atoms. The second-order valence-corrected chi connectivity index (χ2v) is 8.98. The molecule has 40 heavy (non-hydrogen) atoms. The summed E-state index contributed by atoms with van der Waals surface area (Å²) in [6, 6.07) is 20.9. The Kier molecular flexibility index (Phi) is 7.88. The van der Waals surface area contributed by atoms with Crippen LogP contribution in [0.15, 0.2) is 84.4 Å². The van der Waals surface area contributed by atoms with Gasteiger partial charge in [0.25, 0.3) is 17.7 Å². The summed E-state index contributed by atoms with van der Waals surface area (Å²) in [5.41, 5.74) is 0.937. The molecule has 5 amide bonds. The zero-order chi connectivity index (χ0) is 28.1. The van der Waals surface area contributed by atoms with E-state index in [1.165, 1.54) is 13.2 Å². The van der Waals surface area contributed by atoms with Crippen molar-refractivity contribution in [2.45, 2.75) is 0 Å². The highest BCUT2D eigenvalue weighted by Gasteiger charge is 2.43. The van der Waals surface area contributed by atoms with Gasteiger partial charge in [0, 0.05) is 13.1 Å². The van der Waals surface area contributed by atoms with Gasteiger partial charge in [0.1, 0.15) is 5.57 Å². The Morgan fingerprint density at radius 2 is 1.40 bits per heavy atom. The molecule has 0 atom stereocenters. The number of barbiturate groups is 1. The molecule has 0 N–H and O–H groups in total. The van der Waals surface area contributed by atoms with Gasteiger partial charge in [-0.15, -0.1) is 0 Å². The van der Waals surface area contributed by atoms with Crippen LogP contribution in [0.2, 0.25) is 0 Å². The minimum Gasteiger partial charge on any atom is -0.493 e. The number of methoxy groups -OCH3 is 1. The van der Waals surface area contributed by atoms with Crippen LogP contribution < -0.4 is 19.3 Å². The highest BCUT2D eigenvalue weighted by molar-refractivity contribution is 6.46. The number of nitrogens with zero attached hydrogens (tertiary/aromatic N) is 3. The third kappa shape index (κ3) is 5.43. The molecular formula is C30H27N3O7. The number of carbonyl (C=O) groups excluding carboxylic acids is 4. The number of carbonyl (C=O) groups is 4. The van der Waals surface area contributed by atoms with Crippen LogP contribution in [0.4, 0.5) is 16.2 Å². The number of urea groups is 1. The Morgan fingerprint density at radius 3 is 1.95 bits per heavy atom. The average Bonchev–Trinajstić information content (AvgIpc) is 3.00. The number of imide groups is 2. The van der Waals surface area contributed by atoms with Crippen LogP contribution in [0.1, 0.15) is 5.56 Å². The maximum absolute atomic E-state index is 13.6. The Hall–Kier alpha value is -4.96. The van der Waals surface area contributed by atoms with Gasteiger partial charge in [-0.1, -0.05) is 42.5 Å². The van der Waals surface area contributed by atoms with E-state index in [1.807, 2.05) is 0 Å². The van der Waals surface area contributed by atoms with Gasteiger partial charge in [0.2, 0.25) is 0 Å². The molecule has 2 saturated heterocycles. The number of hydrogen-bond acceptors (Lipinski definition) is 7. The van der Waals surface area contributed by atoms with Crippen LogP contribution in [-0.2, 0) is 19.1 Å². The van der Waals surface area contributed by atoms with Gasteiger partial charge in [-0.2, -0.15) is 0 Å². The predicted molar refractivity (Wildman–Crippen MR) is 147 cm³/mol. The lowest BCUT2D eigenvalue weighted by atomic mass is 10.0. The van der Waals surface area contributed by atoms with Crippen molar-refractivity contribution >= 4 is 41.2 Å². The summed E-state index contributed by atoms with van der Waals surface area (Å²) in [5, 5.41) is 0. The van der Waals surface area contributed by atoms with Gasteiger partial charge in [-0.3, -0.25) is 14.4 Å². The molecular weight excluding hydrogens is 514 g/mol. The lowest BCUT2D eigenvalue weighted by Crippen LogP contribution is -2.57. The molecule has 3 aromatic rings. The Bertz CT molecular complexity index is 1390. The summed E-state index contributed by atoms with van der Waals surface area (Å²) in [5.74, 6) is -1.01. The number of rotatable bonds is 7. The first-order valence-electron chi connectivity index (χ1n) is 12.7. The molecule has 3 aromatic carbocycles. The quantitative estimate of drug-likeness (QED) is 0.333. The van der Waals surface area contributed by atoms with Crippen molar-refractivity contribution in [2.24, 2.45) is 0 Å². The SMILES string of the molecule is COc1cc(C=C2C(=O)N(c3ccccc3)C(=O)N(c3ccccc3)C2=O)ccc1OCC(=O)N1CCOCC1. The van der Waals surface area contributed by atoms with Crippen LogP contribution in [0.5, 0.6) is 11.5 Å². The summed E-state index contributed by atoms with van der Waals surface area (Å²) in [6.45, 7) is 1.83. The van der Waals surface area contributed by atoms with Crippen molar-refractivity contribution in [3.8, 4) is 11.5 Å². The van der Waals surface area contributed by atoms with Crippen molar-refractivity contribution in [2.75, 3.05) is 49.8 Å². The monoisotopic (exact) mass is 541 g/mol. The lowest BCUT2D eigenvalue weighted by molar-refractivity contribution is -0.137. The summed E-state index contributed by atoms with van der Waals surface area (Å²) < 4.78 is 16.5. The van der Waals surface area contributed by atoms with Crippen molar-refractivity contribution < 1.29 is 33.4 Å². The molecule has 0 spiro atoms. The van der Waals surface area contributed by atoms with E-state index in [0.29, 0.717) is 54.7 Å². The van der Waals surface area contributed by atoms with Crippen LogP contribution in [-0.4, -0.2) is 68.7 Å². The number of benzene rings is 3. The molecule has 0 unspecified atom stereocenters. The van der Waals surface area contributed by atoms with E-state index in [4.69, 9.17) is 14.2 Å². The molecule has 5 rings (SSSR count). The van der Waals surface area contributed by atoms with E-state index in [1.54, 1.807) is 83.8 Å². The Morgan fingerprint density at radius 1 is 0.825 bits per heavy atom. The molecule has 10 nitrogen and oxygen atoms in total. The summed E-state index contributed by atoms with van der Waals surface area (Å²) in [6.07, 6.45) is 1.41. The smallest absolute Gasteiger partial charge is 0.343 e. The Balaban J connectivity index is 1.45. The number of hydrogen-bond donors (Lipinski definition) is 0. The predicted octanol–water partition coefficient (Wildman–Crippen LogP) is 3.52. The zero-order valence-electron chi connectivity index (χ0n) is 21.8. The fourth-order valence-electron chi connectivity index (χ4n) is 4.44. The van der Waals surface area contributed by atoms with Gasteiger partial charge in [-0.25, -0.2) is 14.6 Å². The van der Waals surface area contributed by atoms with Crippen LogP contribution in [0, 0.1) is 0 Å². The second-order valence-electron chi connectivity index (χ2n) is 8.98. The van der Waals surface area contributed by atoms with E-state index in [0.717, 1.165) is 9.80 Å². The molecule has 10 heteroatoms. The van der Waals surface area contributed by atoms with Gasteiger partial charge in [-0.05, 0) is 48.0 Å². The van der Waals surface area contributed by atoms with Crippen LogP contribution in [0.3, 0.4) is 0 Å². The normalized spacial score (nSPS) is 15.8. The van der Waals surface area contributed by atoms with E-state index < -0.39 is 17.8 Å². The van der Waals surface area contributed by atoms with Crippen LogP contribution in [0.25, 0.3) is 6.08 Å². The fraction of sp³-hybridized carbons (Fsp3) is 0.200. The molecule has 0 radical (unpaired) electrons. The summed E-state index contributed by atoms with van der Waals surface area (Å²) in [7, 11) is 1.45. The second kappa shape index (κ2) is 11.8. The van der Waals surface area contributed by atoms with Crippen molar-refractivity contribution in [3.05, 3.63) is 90.0 Å². The maximum Gasteiger partial charge on any atom is 0.343 e. The van der Waals surface area contributed by atoms with Crippen LogP contribution >= 0.6 is 0 Å². The molecule has 0 saturated carbocycles. The number of anilines is 2. The van der Waals surface area contributed by atoms with Crippen molar-refractivity contribution in [1.82, 2.24) is 4.90 Å². The number of para-hydroxylation sites is 2. The van der Waals surface area contributed by atoms with Gasteiger partial charge < -0.3 is 19.1 Å². The summed E-state index contributed by atoms with van der Waals surface area (Å²) >= 11 is 0. The first kappa shape index (κ1) is 26.6. The third-order valence-corrected chi connectivity index (χ3v) is 6.49. The first-order chi connectivity index (χ1) is 19.5. The molecule has 0 aromatic heterocycles. The standard InChI is InChI=1S/C30H27N3O7/c1-38-26-19-21(12-13-25(26)40-20-27(34)31-14-16-39-17-15-31)18-24-28(35)32(22-8-4-2-5-9-22)30(37)33(29(24)36)23-10-6-3-7-11-23/h2-13,18-19H,14-17,20H2,1H3. The average molecular weight is 542 g/mol. The Labute approximate surface area is 230 Å². The van der Waals surface area contributed by atoms with E-state index >= 15 is 0 Å². The van der Waals surface area contributed by atoms with E-state index in [2.05, 4.69) is 0 Å². The lowest BCUT2D eigenvalue weighted by Gasteiger charge is -2.33. The van der Waals surface area contributed by atoms with Gasteiger partial charge >= 0.3 is 6.03 Å². The largest absolute Gasteiger partial charge is 0.493 e. The first-order valence-corrected chi connectivity index (χ1v) is 12.7. The maximum atomic E-state index is 13.6. The minimum absolute atomic E-state index is 0.165. The van der Waals surface area contributed by atoms with E-state index in [9.17, 15) is 19.2 Å².